The second kappa shape index (κ2) is 9.68. The molecule has 0 aliphatic carbocycles. The van der Waals surface area contributed by atoms with Crippen molar-refractivity contribution in [3.63, 3.8) is 0 Å². The highest BCUT2D eigenvalue weighted by Gasteiger charge is 2.38. The Labute approximate surface area is 200 Å². The molecule has 3 aromatic rings. The van der Waals surface area contributed by atoms with Crippen LogP contribution in [0.2, 0.25) is 5.02 Å². The molecule has 0 aromatic heterocycles. The molecule has 0 bridgehead atoms. The average molecular weight is 512 g/mol. The molecular weight excluding hydrogens is 491 g/mol. The van der Waals surface area contributed by atoms with Crippen molar-refractivity contribution < 1.29 is 31.1 Å². The summed E-state index contributed by atoms with van der Waals surface area (Å²) in [6, 6.07) is 16.4. The highest BCUT2D eigenvalue weighted by molar-refractivity contribution is 7.92. The molecule has 0 heterocycles. The van der Waals surface area contributed by atoms with E-state index in [1.165, 1.54) is 26.0 Å². The molecule has 1 N–H and O–H groups in total. The van der Waals surface area contributed by atoms with Gasteiger partial charge in [-0.15, -0.1) is 0 Å². The monoisotopic (exact) mass is 511 g/mol. The number of carbonyl (C=O) groups excluding carboxylic acids is 1. The van der Waals surface area contributed by atoms with Crippen molar-refractivity contribution in [3.05, 3.63) is 88.9 Å². The molecule has 0 saturated heterocycles. The number of hydrogen-bond donors (Lipinski definition) is 1. The Balaban J connectivity index is 1.67. The van der Waals surface area contributed by atoms with E-state index in [0.717, 1.165) is 18.2 Å². The predicted molar refractivity (Wildman–Crippen MR) is 123 cm³/mol. The molecule has 0 fully saturated rings. The van der Waals surface area contributed by atoms with Gasteiger partial charge in [0.05, 0.1) is 15.2 Å². The maximum Gasteiger partial charge on any atom is 0.416 e. The molecule has 5 nitrogen and oxygen atoms in total. The van der Waals surface area contributed by atoms with Gasteiger partial charge in [0.25, 0.3) is 5.91 Å². The van der Waals surface area contributed by atoms with Gasteiger partial charge < -0.3 is 10.1 Å². The second-order valence-electron chi connectivity index (χ2n) is 8.05. The van der Waals surface area contributed by atoms with Gasteiger partial charge in [0.15, 0.2) is 9.84 Å². The van der Waals surface area contributed by atoms with Crippen LogP contribution in [0.3, 0.4) is 0 Å². The molecule has 0 spiro atoms. The zero-order chi connectivity index (χ0) is 25.1. The van der Waals surface area contributed by atoms with E-state index in [0.29, 0.717) is 22.6 Å². The molecule has 0 aliphatic heterocycles. The third-order valence-electron chi connectivity index (χ3n) is 5.04. The zero-order valence-electron chi connectivity index (χ0n) is 18.2. The van der Waals surface area contributed by atoms with Crippen LogP contribution in [-0.4, -0.2) is 25.6 Å². The summed E-state index contributed by atoms with van der Waals surface area (Å²) in [5.74, 6) is 0.500. The van der Waals surface area contributed by atoms with E-state index in [4.69, 9.17) is 16.3 Å². The normalized spacial score (nSPS) is 12.3. The van der Waals surface area contributed by atoms with E-state index in [-0.39, 0.29) is 12.1 Å². The summed E-state index contributed by atoms with van der Waals surface area (Å²) in [5, 5.41) is 3.11. The number of rotatable bonds is 7. The maximum absolute atomic E-state index is 13.0. The van der Waals surface area contributed by atoms with E-state index in [9.17, 15) is 26.4 Å². The lowest BCUT2D eigenvalue weighted by Gasteiger charge is -2.25. The number of amides is 1. The highest BCUT2D eigenvalue weighted by atomic mass is 35.5. The van der Waals surface area contributed by atoms with Crippen LogP contribution in [0, 0.1) is 0 Å². The summed E-state index contributed by atoms with van der Waals surface area (Å²) in [4.78, 5) is 12.1. The van der Waals surface area contributed by atoms with Gasteiger partial charge in [-0.05, 0) is 80.6 Å². The van der Waals surface area contributed by atoms with Crippen molar-refractivity contribution in [2.75, 3.05) is 6.54 Å². The van der Waals surface area contributed by atoms with Gasteiger partial charge in [-0.1, -0.05) is 17.7 Å². The van der Waals surface area contributed by atoms with Crippen LogP contribution in [-0.2, 0) is 16.0 Å². The number of hydrogen-bond acceptors (Lipinski definition) is 4. The number of sulfone groups is 1. The number of nitrogens with one attached hydrogen (secondary N) is 1. The van der Waals surface area contributed by atoms with Crippen LogP contribution in [0.5, 0.6) is 11.5 Å². The Kier molecular flexibility index (Phi) is 7.28. The zero-order valence-corrected chi connectivity index (χ0v) is 19.8. The fraction of sp³-hybridized carbons (Fsp3) is 0.208. The van der Waals surface area contributed by atoms with Gasteiger partial charge >= 0.3 is 6.18 Å². The first-order chi connectivity index (χ1) is 15.8. The van der Waals surface area contributed by atoms with Crippen LogP contribution in [0.25, 0.3) is 0 Å². The van der Waals surface area contributed by atoms with Crippen molar-refractivity contribution in [2.24, 2.45) is 0 Å². The van der Waals surface area contributed by atoms with Crippen molar-refractivity contribution in [2.45, 2.75) is 29.7 Å². The standard InChI is InChI=1S/C24H21ClF3NO4S/c1-23(2,34(31,32)21-5-3-4-17(14-21)24(26,27)28)15-29-22(30)16-6-10-19(11-7-16)33-20-12-8-18(25)9-13-20/h3-14H,15H2,1-2H3,(H,29,30). The molecule has 0 atom stereocenters. The lowest BCUT2D eigenvalue weighted by molar-refractivity contribution is -0.137. The quantitative estimate of drug-likeness (QED) is 0.414. The van der Waals surface area contributed by atoms with E-state index >= 15 is 0 Å². The number of benzene rings is 3. The minimum absolute atomic E-state index is 0.260. The number of alkyl halides is 3. The van der Waals surface area contributed by atoms with Crippen molar-refractivity contribution in [1.82, 2.24) is 5.32 Å². The Morgan fingerprint density at radius 2 is 1.50 bits per heavy atom. The fourth-order valence-electron chi connectivity index (χ4n) is 2.96. The van der Waals surface area contributed by atoms with Crippen molar-refractivity contribution in [3.8, 4) is 11.5 Å². The summed E-state index contributed by atoms with van der Waals surface area (Å²) < 4.78 is 69.0. The van der Waals surface area contributed by atoms with Gasteiger partial charge in [0.2, 0.25) is 0 Å². The molecule has 10 heteroatoms. The molecule has 1 amide bonds. The minimum Gasteiger partial charge on any atom is -0.457 e. The molecule has 0 radical (unpaired) electrons. The van der Waals surface area contributed by atoms with Gasteiger partial charge in [-0.3, -0.25) is 4.79 Å². The number of halogens is 4. The third-order valence-corrected chi connectivity index (χ3v) is 7.77. The van der Waals surface area contributed by atoms with Crippen LogP contribution < -0.4 is 10.1 Å². The molecule has 0 unspecified atom stereocenters. The number of ether oxygens (including phenoxy) is 1. The molecule has 34 heavy (non-hydrogen) atoms. The lowest BCUT2D eigenvalue weighted by Crippen LogP contribution is -2.44. The molecule has 0 saturated carbocycles. The van der Waals surface area contributed by atoms with E-state index in [1.54, 1.807) is 36.4 Å². The van der Waals surface area contributed by atoms with Gasteiger partial charge in [-0.2, -0.15) is 13.2 Å². The third kappa shape index (κ3) is 5.90. The topological polar surface area (TPSA) is 72.5 Å². The summed E-state index contributed by atoms with van der Waals surface area (Å²) in [7, 11) is -4.19. The summed E-state index contributed by atoms with van der Waals surface area (Å²) in [6.45, 7) is 2.37. The van der Waals surface area contributed by atoms with Crippen molar-refractivity contribution >= 4 is 27.3 Å². The van der Waals surface area contributed by atoms with Crippen LogP contribution in [0.15, 0.2) is 77.7 Å². The molecule has 3 aromatic carbocycles. The smallest absolute Gasteiger partial charge is 0.416 e. The van der Waals surface area contributed by atoms with E-state index in [2.05, 4.69) is 5.32 Å². The van der Waals surface area contributed by atoms with Gasteiger partial charge in [0.1, 0.15) is 11.5 Å². The largest absolute Gasteiger partial charge is 0.457 e. The predicted octanol–water partition coefficient (Wildman–Crippen LogP) is 6.13. The van der Waals surface area contributed by atoms with Gasteiger partial charge in [0, 0.05) is 17.1 Å². The maximum atomic E-state index is 13.0. The molecular formula is C24H21ClF3NO4S. The van der Waals surface area contributed by atoms with Crippen molar-refractivity contribution in [1.29, 1.82) is 0 Å². The SMILES string of the molecule is CC(C)(CNC(=O)c1ccc(Oc2ccc(Cl)cc2)cc1)S(=O)(=O)c1cccc(C(F)(F)F)c1. The summed E-state index contributed by atoms with van der Waals surface area (Å²) in [6.07, 6.45) is -4.67. The summed E-state index contributed by atoms with van der Waals surface area (Å²) >= 11 is 5.84. The Bertz CT molecular complexity index is 1270. The molecule has 3 rings (SSSR count). The Hall–Kier alpha value is -3.04. The second-order valence-corrected chi connectivity index (χ2v) is 11.1. The molecule has 0 aliphatic rings. The van der Waals surface area contributed by atoms with E-state index < -0.39 is 37.1 Å². The Morgan fingerprint density at radius 3 is 2.06 bits per heavy atom. The first-order valence-corrected chi connectivity index (χ1v) is 11.9. The first kappa shape index (κ1) is 25.6. The van der Waals surface area contributed by atoms with Crippen LogP contribution in [0.1, 0.15) is 29.8 Å². The summed E-state index contributed by atoms with van der Waals surface area (Å²) in [5.41, 5.74) is -0.801. The molecule has 180 valence electrons. The highest BCUT2D eigenvalue weighted by Crippen LogP contribution is 2.33. The first-order valence-electron chi connectivity index (χ1n) is 10.0. The van der Waals surface area contributed by atoms with Crippen LogP contribution in [0.4, 0.5) is 13.2 Å². The fourth-order valence-corrected chi connectivity index (χ4v) is 4.53. The minimum atomic E-state index is -4.67. The average Bonchev–Trinajstić information content (AvgIpc) is 2.79. The number of carbonyl (C=O) groups is 1. The van der Waals surface area contributed by atoms with Crippen LogP contribution >= 0.6 is 11.6 Å². The van der Waals surface area contributed by atoms with Gasteiger partial charge in [-0.25, -0.2) is 8.42 Å². The Morgan fingerprint density at radius 1 is 0.941 bits per heavy atom. The van der Waals surface area contributed by atoms with E-state index in [1.807, 2.05) is 0 Å². The lowest BCUT2D eigenvalue weighted by atomic mass is 10.1.